The van der Waals surface area contributed by atoms with Gasteiger partial charge in [-0.05, 0) is 25.8 Å². The Labute approximate surface area is 135 Å². The number of amides is 1. The van der Waals surface area contributed by atoms with Crippen LogP contribution in [0.1, 0.15) is 30.1 Å². The van der Waals surface area contributed by atoms with Crippen molar-refractivity contribution in [1.82, 2.24) is 4.90 Å². The number of ether oxygens (including phenoxy) is 2. The molecule has 1 amide bonds. The summed E-state index contributed by atoms with van der Waals surface area (Å²) in [6.45, 7) is 4.69. The zero-order valence-corrected chi connectivity index (χ0v) is 13.3. The average molecular weight is 315 g/mol. The van der Waals surface area contributed by atoms with Gasteiger partial charge in [0.1, 0.15) is 11.8 Å². The second-order valence-electron chi connectivity index (χ2n) is 6.45. The fourth-order valence-electron chi connectivity index (χ4n) is 3.67. The van der Waals surface area contributed by atoms with Gasteiger partial charge in [-0.25, -0.2) is 0 Å². The summed E-state index contributed by atoms with van der Waals surface area (Å²) in [4.78, 5) is 14.8. The van der Waals surface area contributed by atoms with Crippen LogP contribution in [-0.2, 0) is 9.47 Å². The molecule has 1 aromatic carbocycles. The normalized spacial score (nSPS) is 24.2. The molecule has 2 fully saturated rings. The number of piperidine rings is 1. The Kier molecular flexibility index (Phi) is 3.62. The van der Waals surface area contributed by atoms with Gasteiger partial charge in [0.15, 0.2) is 5.79 Å². The molecule has 0 aliphatic carbocycles. The second kappa shape index (κ2) is 5.65. The third-order valence-corrected chi connectivity index (χ3v) is 5.02. The zero-order chi connectivity index (χ0) is 15.9. The topological polar surface area (TPSA) is 51.9 Å². The Morgan fingerprint density at radius 3 is 2.87 bits per heavy atom. The molecular formula is C18H21NO4. The van der Waals surface area contributed by atoms with Crippen molar-refractivity contribution in [3.63, 3.8) is 0 Å². The standard InChI is InChI=1S/C18H21NO4/c1-18(22-9-10-23-18)13-5-4-8-19(11-13)17(20)15-12-21-16-7-3-2-6-14(15)16/h2-3,6-7,12-13H,4-5,8-11H2,1H3. The first-order chi connectivity index (χ1) is 11.2. The van der Waals surface area contributed by atoms with Gasteiger partial charge in [0.2, 0.25) is 0 Å². The van der Waals surface area contributed by atoms with E-state index >= 15 is 0 Å². The molecule has 0 spiro atoms. The van der Waals surface area contributed by atoms with E-state index in [9.17, 15) is 4.79 Å². The minimum atomic E-state index is -0.558. The predicted octanol–water partition coefficient (Wildman–Crippen LogP) is 3.05. The number of carbonyl (C=O) groups is 1. The van der Waals surface area contributed by atoms with Crippen LogP contribution in [0.5, 0.6) is 0 Å². The predicted molar refractivity (Wildman–Crippen MR) is 85.2 cm³/mol. The van der Waals surface area contributed by atoms with Crippen LogP contribution in [0, 0.1) is 5.92 Å². The molecule has 1 atom stereocenters. The van der Waals surface area contributed by atoms with E-state index in [0.29, 0.717) is 25.3 Å². The van der Waals surface area contributed by atoms with Gasteiger partial charge in [-0.1, -0.05) is 18.2 Å². The molecule has 2 aliphatic heterocycles. The van der Waals surface area contributed by atoms with Crippen LogP contribution in [-0.4, -0.2) is 42.9 Å². The maximum absolute atomic E-state index is 12.9. The smallest absolute Gasteiger partial charge is 0.257 e. The van der Waals surface area contributed by atoms with Crippen LogP contribution in [0.25, 0.3) is 11.0 Å². The molecular weight excluding hydrogens is 294 g/mol. The van der Waals surface area contributed by atoms with Crippen molar-refractivity contribution in [3.8, 4) is 0 Å². The summed E-state index contributed by atoms with van der Waals surface area (Å²) in [5, 5.41) is 0.874. The summed E-state index contributed by atoms with van der Waals surface area (Å²) in [6.07, 6.45) is 3.56. The van der Waals surface area contributed by atoms with Crippen LogP contribution in [0.3, 0.4) is 0 Å². The lowest BCUT2D eigenvalue weighted by Gasteiger charge is -2.39. The van der Waals surface area contributed by atoms with E-state index in [1.807, 2.05) is 36.1 Å². The van der Waals surface area contributed by atoms with E-state index in [-0.39, 0.29) is 11.8 Å². The quantitative estimate of drug-likeness (QED) is 0.855. The van der Waals surface area contributed by atoms with E-state index in [2.05, 4.69) is 0 Å². The Morgan fingerprint density at radius 2 is 2.04 bits per heavy atom. The number of hydrogen-bond acceptors (Lipinski definition) is 4. The summed E-state index contributed by atoms with van der Waals surface area (Å²) < 4.78 is 17.1. The van der Waals surface area contributed by atoms with Crippen molar-refractivity contribution in [3.05, 3.63) is 36.1 Å². The first-order valence-electron chi connectivity index (χ1n) is 8.21. The lowest BCUT2D eigenvalue weighted by molar-refractivity contribution is -0.189. The Morgan fingerprint density at radius 1 is 1.26 bits per heavy atom. The fraction of sp³-hybridized carbons (Fsp3) is 0.500. The number of likely N-dealkylation sites (tertiary alicyclic amines) is 1. The molecule has 2 saturated heterocycles. The van der Waals surface area contributed by atoms with E-state index in [1.165, 1.54) is 0 Å². The lowest BCUT2D eigenvalue weighted by Crippen LogP contribution is -2.48. The molecule has 5 heteroatoms. The molecule has 2 aromatic rings. The number of furan rings is 1. The highest BCUT2D eigenvalue weighted by molar-refractivity contribution is 6.05. The Bertz CT molecular complexity index is 717. The van der Waals surface area contributed by atoms with Crippen molar-refractivity contribution in [2.24, 2.45) is 5.92 Å². The molecule has 1 aromatic heterocycles. The molecule has 5 nitrogen and oxygen atoms in total. The molecule has 122 valence electrons. The third-order valence-electron chi connectivity index (χ3n) is 5.02. The van der Waals surface area contributed by atoms with Crippen LogP contribution in [0.15, 0.2) is 34.9 Å². The number of fused-ring (bicyclic) bond motifs is 1. The van der Waals surface area contributed by atoms with Gasteiger partial charge >= 0.3 is 0 Å². The zero-order valence-electron chi connectivity index (χ0n) is 13.3. The van der Waals surface area contributed by atoms with E-state index in [4.69, 9.17) is 13.9 Å². The molecule has 0 N–H and O–H groups in total. The van der Waals surface area contributed by atoms with Crippen molar-refractivity contribution < 1.29 is 18.7 Å². The van der Waals surface area contributed by atoms with Gasteiger partial charge in [-0.2, -0.15) is 0 Å². The highest BCUT2D eigenvalue weighted by Gasteiger charge is 2.42. The van der Waals surface area contributed by atoms with Crippen molar-refractivity contribution >= 4 is 16.9 Å². The van der Waals surface area contributed by atoms with Crippen LogP contribution < -0.4 is 0 Å². The van der Waals surface area contributed by atoms with Gasteiger partial charge in [0.25, 0.3) is 5.91 Å². The van der Waals surface area contributed by atoms with Gasteiger partial charge in [-0.15, -0.1) is 0 Å². The van der Waals surface area contributed by atoms with Crippen LogP contribution >= 0.6 is 0 Å². The van der Waals surface area contributed by atoms with E-state index < -0.39 is 5.79 Å². The van der Waals surface area contributed by atoms with E-state index in [1.54, 1.807) is 6.26 Å². The summed E-state index contributed by atoms with van der Waals surface area (Å²) in [5.74, 6) is -0.320. The number of carbonyl (C=O) groups excluding carboxylic acids is 1. The number of para-hydroxylation sites is 1. The van der Waals surface area contributed by atoms with E-state index in [0.717, 1.165) is 30.4 Å². The summed E-state index contributed by atoms with van der Waals surface area (Å²) in [6, 6.07) is 7.64. The molecule has 0 bridgehead atoms. The van der Waals surface area contributed by atoms with Crippen molar-refractivity contribution in [2.45, 2.75) is 25.6 Å². The summed E-state index contributed by atoms with van der Waals surface area (Å²) in [5.41, 5.74) is 1.39. The maximum Gasteiger partial charge on any atom is 0.257 e. The molecule has 23 heavy (non-hydrogen) atoms. The lowest BCUT2D eigenvalue weighted by atomic mass is 9.90. The number of rotatable bonds is 2. The number of benzene rings is 1. The molecule has 0 radical (unpaired) electrons. The second-order valence-corrected chi connectivity index (χ2v) is 6.45. The number of hydrogen-bond donors (Lipinski definition) is 0. The monoisotopic (exact) mass is 315 g/mol. The Balaban J connectivity index is 1.56. The fourth-order valence-corrected chi connectivity index (χ4v) is 3.67. The first kappa shape index (κ1) is 14.7. The van der Waals surface area contributed by atoms with Gasteiger partial charge in [0, 0.05) is 24.4 Å². The maximum atomic E-state index is 12.9. The van der Waals surface area contributed by atoms with Crippen molar-refractivity contribution in [1.29, 1.82) is 0 Å². The molecule has 4 rings (SSSR count). The summed E-state index contributed by atoms with van der Waals surface area (Å²) in [7, 11) is 0. The van der Waals surface area contributed by atoms with Crippen LogP contribution in [0.4, 0.5) is 0 Å². The molecule has 2 aliphatic rings. The minimum absolute atomic E-state index is 0.0289. The highest BCUT2D eigenvalue weighted by atomic mass is 16.7. The SMILES string of the molecule is CC1(C2CCCN(C(=O)c3coc4ccccc34)C2)OCCO1. The Hall–Kier alpha value is -1.85. The largest absolute Gasteiger partial charge is 0.463 e. The molecule has 0 saturated carbocycles. The molecule has 3 heterocycles. The average Bonchev–Trinajstić information content (AvgIpc) is 3.21. The van der Waals surface area contributed by atoms with Gasteiger partial charge < -0.3 is 18.8 Å². The summed E-state index contributed by atoms with van der Waals surface area (Å²) >= 11 is 0. The minimum Gasteiger partial charge on any atom is -0.463 e. The van der Waals surface area contributed by atoms with Gasteiger partial charge in [-0.3, -0.25) is 4.79 Å². The number of nitrogens with zero attached hydrogens (tertiary/aromatic N) is 1. The van der Waals surface area contributed by atoms with Crippen molar-refractivity contribution in [2.75, 3.05) is 26.3 Å². The third kappa shape index (κ3) is 2.54. The molecule has 1 unspecified atom stereocenters. The van der Waals surface area contributed by atoms with Gasteiger partial charge in [0.05, 0.1) is 18.8 Å². The first-order valence-corrected chi connectivity index (χ1v) is 8.21. The van der Waals surface area contributed by atoms with Crippen LogP contribution in [0.2, 0.25) is 0 Å². The highest BCUT2D eigenvalue weighted by Crippen LogP contribution is 2.35.